The van der Waals surface area contributed by atoms with Crippen LogP contribution in [0.3, 0.4) is 0 Å². The summed E-state index contributed by atoms with van der Waals surface area (Å²) in [4.78, 5) is 61.4. The van der Waals surface area contributed by atoms with Crippen molar-refractivity contribution in [1.82, 2.24) is 30.6 Å². The van der Waals surface area contributed by atoms with Gasteiger partial charge in [-0.1, -0.05) is 13.8 Å². The number of hydrogen-bond acceptors (Lipinski definition) is 8. The second-order valence-electron chi connectivity index (χ2n) is 14.5. The maximum absolute atomic E-state index is 13.4. The first-order valence-corrected chi connectivity index (χ1v) is 16.4. The fourth-order valence-electron chi connectivity index (χ4n) is 5.46. The van der Waals surface area contributed by atoms with Gasteiger partial charge in [0.2, 0.25) is 11.8 Å². The highest BCUT2D eigenvalue weighted by atomic mass is 16.6. The Balaban J connectivity index is 2.55. The van der Waals surface area contributed by atoms with Gasteiger partial charge in [0.25, 0.3) is 0 Å². The number of amides is 4. The van der Waals surface area contributed by atoms with Crippen molar-refractivity contribution in [2.45, 2.75) is 111 Å². The molecular formula is C35H56N8O6. The smallest absolute Gasteiger partial charge is 0.428 e. The molecular weight excluding hydrogens is 628 g/mol. The Morgan fingerprint density at radius 3 is 1.27 bits per heavy atom. The van der Waals surface area contributed by atoms with Crippen molar-refractivity contribution in [2.24, 2.45) is 10.2 Å². The molecule has 2 rings (SSSR count). The van der Waals surface area contributed by atoms with E-state index in [1.807, 2.05) is 24.3 Å². The fraction of sp³-hybridized carbons (Fsp3) is 0.600. The molecule has 0 aliphatic carbocycles. The Bertz CT molecular complexity index is 1420. The molecule has 0 aromatic carbocycles. The summed E-state index contributed by atoms with van der Waals surface area (Å²) in [7, 11) is 6.65. The van der Waals surface area contributed by atoms with E-state index in [-0.39, 0.29) is 11.8 Å². The zero-order chi connectivity index (χ0) is 37.5. The van der Waals surface area contributed by atoms with Crippen LogP contribution in [0, 0.1) is 0 Å². The summed E-state index contributed by atoms with van der Waals surface area (Å²) in [6.45, 7) is 18.0. The molecule has 4 amide bonds. The van der Waals surface area contributed by atoms with Crippen molar-refractivity contribution in [2.75, 3.05) is 28.2 Å². The van der Waals surface area contributed by atoms with Crippen LogP contribution in [-0.2, 0) is 24.5 Å². The molecule has 2 aromatic heterocycles. The van der Waals surface area contributed by atoms with Crippen LogP contribution in [0.1, 0.15) is 117 Å². The number of H-pyrrole nitrogens is 2. The molecule has 272 valence electrons. The maximum atomic E-state index is 13.4. The summed E-state index contributed by atoms with van der Waals surface area (Å²) >= 11 is 0. The van der Waals surface area contributed by atoms with Crippen LogP contribution in [0.2, 0.25) is 0 Å². The van der Waals surface area contributed by atoms with Crippen LogP contribution in [-0.4, -0.2) is 94.6 Å². The lowest BCUT2D eigenvalue weighted by Crippen LogP contribution is -2.35. The minimum atomic E-state index is -0.803. The van der Waals surface area contributed by atoms with Crippen LogP contribution >= 0.6 is 0 Å². The van der Waals surface area contributed by atoms with E-state index in [2.05, 4.69) is 44.9 Å². The summed E-state index contributed by atoms with van der Waals surface area (Å²) in [6.07, 6.45) is -0.0773. The normalized spacial score (nSPS) is 14.1. The molecule has 0 fully saturated rings. The van der Waals surface area contributed by atoms with Gasteiger partial charge in [0.05, 0.1) is 11.4 Å². The summed E-state index contributed by atoms with van der Waals surface area (Å²) < 4.78 is 10.6. The molecule has 0 aliphatic rings. The molecule has 0 spiro atoms. The average Bonchev–Trinajstić information content (AvgIpc) is 3.66. The van der Waals surface area contributed by atoms with Crippen molar-refractivity contribution >= 4 is 35.4 Å². The molecule has 14 nitrogen and oxygen atoms in total. The second kappa shape index (κ2) is 16.2. The van der Waals surface area contributed by atoms with E-state index in [4.69, 9.17) is 9.47 Å². The van der Waals surface area contributed by atoms with Crippen molar-refractivity contribution in [3.05, 3.63) is 47.0 Å². The number of nitrogens with one attached hydrogen (secondary N) is 4. The topological polar surface area (TPSA) is 174 Å². The first-order valence-electron chi connectivity index (χ1n) is 16.4. The Hall–Kier alpha value is -4.62. The first kappa shape index (κ1) is 40.6. The van der Waals surface area contributed by atoms with Crippen molar-refractivity contribution in [3.63, 3.8) is 0 Å². The Kier molecular flexibility index (Phi) is 13.4. The first-order chi connectivity index (χ1) is 22.6. The quantitative estimate of drug-likeness (QED) is 0.167. The van der Waals surface area contributed by atoms with E-state index in [1.165, 1.54) is 9.80 Å². The lowest BCUT2D eigenvalue weighted by atomic mass is 9.76. The number of hydrazone groups is 2. The third kappa shape index (κ3) is 10.7. The summed E-state index contributed by atoms with van der Waals surface area (Å²) in [6, 6.07) is 7.62. The van der Waals surface area contributed by atoms with Gasteiger partial charge in [-0.15, -0.1) is 0 Å². The van der Waals surface area contributed by atoms with Crippen LogP contribution in [0.5, 0.6) is 0 Å². The molecule has 14 heteroatoms. The molecule has 49 heavy (non-hydrogen) atoms. The van der Waals surface area contributed by atoms with E-state index in [0.717, 1.165) is 11.4 Å². The predicted octanol–water partition coefficient (Wildman–Crippen LogP) is 5.59. The number of hydrogen-bond donors (Lipinski definition) is 4. The molecule has 0 saturated heterocycles. The van der Waals surface area contributed by atoms with Gasteiger partial charge in [0, 0.05) is 56.4 Å². The average molecular weight is 685 g/mol. The SMILES string of the molecule is CCC(CC)(c1ccc(C(C(=O)N(C)C)/C(C)=N/NC(=O)OC(C)(C)C)[nH]1)c1ccc(C(C(=O)N(C)C)/C(C)=N/NC(=O)OC(C)(C)C)[nH]1. The number of carbonyl (C=O) groups excluding carboxylic acids is 4. The fourth-order valence-corrected chi connectivity index (χ4v) is 5.46. The second-order valence-corrected chi connectivity index (χ2v) is 14.5. The molecule has 2 heterocycles. The van der Waals surface area contributed by atoms with E-state index in [1.54, 1.807) is 83.6 Å². The van der Waals surface area contributed by atoms with Crippen molar-refractivity contribution in [1.29, 1.82) is 0 Å². The third-order valence-corrected chi connectivity index (χ3v) is 7.93. The number of rotatable bonds is 12. The number of aromatic nitrogens is 2. The summed E-state index contributed by atoms with van der Waals surface area (Å²) in [5, 5.41) is 8.42. The van der Waals surface area contributed by atoms with E-state index in [9.17, 15) is 19.2 Å². The molecule has 2 aromatic rings. The van der Waals surface area contributed by atoms with Gasteiger partial charge in [-0.2, -0.15) is 10.2 Å². The van der Waals surface area contributed by atoms with Gasteiger partial charge in [0.1, 0.15) is 23.0 Å². The molecule has 0 saturated carbocycles. The van der Waals surface area contributed by atoms with Crippen LogP contribution in [0.25, 0.3) is 0 Å². The standard InChI is InChI=1S/C35H56N8O6/c1-15-35(16-2,25-19-17-23(36-25)27(29(44)42(11)12)21(3)38-40-31(46)48-33(5,6)7)26-20-18-24(37-26)28(30(45)43(13)14)22(4)39-41-32(47)49-34(8,9)10/h17-20,27-28,36-37H,15-16H2,1-14H3,(H,40,46)(H,41,47)/b38-21+,39-22+. The highest BCUT2D eigenvalue weighted by molar-refractivity contribution is 6.08. The number of ether oxygens (including phenoxy) is 2. The molecule has 4 N–H and O–H groups in total. The third-order valence-electron chi connectivity index (χ3n) is 7.93. The van der Waals surface area contributed by atoms with Crippen molar-refractivity contribution < 1.29 is 28.7 Å². The number of aromatic amines is 2. The van der Waals surface area contributed by atoms with Gasteiger partial charge in [-0.25, -0.2) is 20.4 Å². The molecule has 0 radical (unpaired) electrons. The lowest BCUT2D eigenvalue weighted by molar-refractivity contribution is -0.129. The van der Waals surface area contributed by atoms with E-state index >= 15 is 0 Å². The zero-order valence-corrected chi connectivity index (χ0v) is 31.6. The Morgan fingerprint density at radius 1 is 0.673 bits per heavy atom. The molecule has 0 bridgehead atoms. The van der Waals surface area contributed by atoms with Gasteiger partial charge in [0.15, 0.2) is 0 Å². The predicted molar refractivity (Wildman–Crippen MR) is 191 cm³/mol. The number of likely N-dealkylation sites (N-methyl/N-ethyl adjacent to an activating group) is 2. The monoisotopic (exact) mass is 684 g/mol. The van der Waals surface area contributed by atoms with Gasteiger partial charge >= 0.3 is 12.2 Å². The van der Waals surface area contributed by atoms with Crippen molar-refractivity contribution in [3.8, 4) is 0 Å². The largest absolute Gasteiger partial charge is 0.443 e. The highest BCUT2D eigenvalue weighted by Gasteiger charge is 2.37. The maximum Gasteiger partial charge on any atom is 0.428 e. The van der Waals surface area contributed by atoms with Crippen LogP contribution in [0.15, 0.2) is 34.5 Å². The van der Waals surface area contributed by atoms with Gasteiger partial charge in [-0.05, 0) is 92.5 Å². The Labute approximate surface area is 290 Å². The number of carbonyl (C=O) groups is 4. The number of nitrogens with zero attached hydrogens (tertiary/aromatic N) is 4. The lowest BCUT2D eigenvalue weighted by Gasteiger charge is -2.31. The highest BCUT2D eigenvalue weighted by Crippen LogP contribution is 2.39. The zero-order valence-electron chi connectivity index (χ0n) is 31.6. The Morgan fingerprint density at radius 2 is 1.00 bits per heavy atom. The minimum Gasteiger partial charge on any atom is -0.443 e. The molecule has 2 atom stereocenters. The summed E-state index contributed by atoms with van der Waals surface area (Å²) in [5.74, 6) is -2.05. The molecule has 0 aliphatic heterocycles. The summed E-state index contributed by atoms with van der Waals surface area (Å²) in [5.41, 5.74) is 6.52. The van der Waals surface area contributed by atoms with Gasteiger partial charge in [-0.3, -0.25) is 9.59 Å². The van der Waals surface area contributed by atoms with E-state index in [0.29, 0.717) is 35.7 Å². The van der Waals surface area contributed by atoms with Crippen LogP contribution in [0.4, 0.5) is 9.59 Å². The van der Waals surface area contributed by atoms with Crippen LogP contribution < -0.4 is 10.9 Å². The van der Waals surface area contributed by atoms with E-state index < -0.39 is 40.6 Å². The van der Waals surface area contributed by atoms with Gasteiger partial charge < -0.3 is 29.2 Å². The molecule has 2 unspecified atom stereocenters. The minimum absolute atomic E-state index is 0.221.